The summed E-state index contributed by atoms with van der Waals surface area (Å²) in [5.74, 6) is 0.142. The molecule has 0 radical (unpaired) electrons. The molecule has 0 bridgehead atoms. The molecule has 0 spiro atoms. The van der Waals surface area contributed by atoms with Crippen LogP contribution >= 0.6 is 0 Å². The third-order valence-electron chi connectivity index (χ3n) is 1.54. The first-order chi connectivity index (χ1) is 5.16. The molecule has 0 saturated carbocycles. The molecule has 0 aliphatic carbocycles. The SMILES string of the molecule is CNC(=O)CCCCN(C)C. The van der Waals surface area contributed by atoms with Crippen LogP contribution in [0, 0.1) is 0 Å². The van der Waals surface area contributed by atoms with Gasteiger partial charge in [0.05, 0.1) is 0 Å². The van der Waals surface area contributed by atoms with Crippen molar-refractivity contribution in [1.29, 1.82) is 0 Å². The predicted octanol–water partition coefficient (Wildman–Crippen LogP) is 0.464. The number of hydrogen-bond acceptors (Lipinski definition) is 2. The summed E-state index contributed by atoms with van der Waals surface area (Å²) in [6.07, 6.45) is 2.74. The van der Waals surface area contributed by atoms with E-state index in [0.29, 0.717) is 6.42 Å². The van der Waals surface area contributed by atoms with E-state index in [2.05, 4.69) is 10.2 Å². The van der Waals surface area contributed by atoms with Gasteiger partial charge in [0.2, 0.25) is 5.91 Å². The molecule has 0 aromatic rings. The van der Waals surface area contributed by atoms with Gasteiger partial charge in [0, 0.05) is 13.5 Å². The van der Waals surface area contributed by atoms with Crippen LogP contribution in [-0.4, -0.2) is 38.5 Å². The van der Waals surface area contributed by atoms with Crippen LogP contribution in [0.15, 0.2) is 0 Å². The molecule has 1 amide bonds. The molecule has 11 heavy (non-hydrogen) atoms. The van der Waals surface area contributed by atoms with E-state index in [0.717, 1.165) is 19.4 Å². The Morgan fingerprint density at radius 2 is 2.00 bits per heavy atom. The molecule has 3 heteroatoms. The van der Waals surface area contributed by atoms with Crippen molar-refractivity contribution >= 4 is 5.91 Å². The third-order valence-corrected chi connectivity index (χ3v) is 1.54. The van der Waals surface area contributed by atoms with Crippen LogP contribution in [0.25, 0.3) is 0 Å². The summed E-state index contributed by atoms with van der Waals surface area (Å²) in [7, 11) is 5.76. The van der Waals surface area contributed by atoms with Gasteiger partial charge in [-0.1, -0.05) is 0 Å². The van der Waals surface area contributed by atoms with Gasteiger partial charge in [0.1, 0.15) is 0 Å². The maximum atomic E-state index is 10.7. The minimum absolute atomic E-state index is 0.142. The van der Waals surface area contributed by atoms with E-state index in [1.165, 1.54) is 0 Å². The molecule has 0 saturated heterocycles. The van der Waals surface area contributed by atoms with Crippen molar-refractivity contribution in [3.05, 3.63) is 0 Å². The summed E-state index contributed by atoms with van der Waals surface area (Å²) in [6.45, 7) is 1.07. The van der Waals surface area contributed by atoms with Gasteiger partial charge < -0.3 is 10.2 Å². The maximum absolute atomic E-state index is 10.7. The monoisotopic (exact) mass is 158 g/mol. The smallest absolute Gasteiger partial charge is 0.219 e. The van der Waals surface area contributed by atoms with Crippen LogP contribution < -0.4 is 5.32 Å². The quantitative estimate of drug-likeness (QED) is 0.590. The van der Waals surface area contributed by atoms with Gasteiger partial charge in [0.15, 0.2) is 0 Å². The molecule has 3 nitrogen and oxygen atoms in total. The molecule has 0 aromatic carbocycles. The normalized spacial score (nSPS) is 10.2. The standard InChI is InChI=1S/C8H18N2O/c1-9-8(11)6-4-5-7-10(2)3/h4-7H2,1-3H3,(H,9,11). The van der Waals surface area contributed by atoms with Crippen molar-refractivity contribution in [2.75, 3.05) is 27.7 Å². The number of hydrogen-bond donors (Lipinski definition) is 1. The Morgan fingerprint density at radius 1 is 1.36 bits per heavy atom. The minimum atomic E-state index is 0.142. The van der Waals surface area contributed by atoms with E-state index in [4.69, 9.17) is 0 Å². The Balaban J connectivity index is 3.08. The van der Waals surface area contributed by atoms with Crippen molar-refractivity contribution in [3.8, 4) is 0 Å². The molecule has 0 aromatic heterocycles. The third kappa shape index (κ3) is 7.33. The Bertz CT molecular complexity index is 113. The fraction of sp³-hybridized carbons (Fsp3) is 0.875. The van der Waals surface area contributed by atoms with E-state index in [1.807, 2.05) is 14.1 Å². The first-order valence-electron chi connectivity index (χ1n) is 4.02. The van der Waals surface area contributed by atoms with Gasteiger partial charge in [-0.05, 0) is 33.5 Å². The van der Waals surface area contributed by atoms with Crippen molar-refractivity contribution in [2.24, 2.45) is 0 Å². The minimum Gasteiger partial charge on any atom is -0.359 e. The second-order valence-electron chi connectivity index (χ2n) is 2.93. The molecule has 0 aliphatic rings. The Hall–Kier alpha value is -0.570. The number of rotatable bonds is 5. The Kier molecular flexibility index (Phi) is 5.84. The molecule has 66 valence electrons. The number of nitrogens with zero attached hydrogens (tertiary/aromatic N) is 1. The van der Waals surface area contributed by atoms with E-state index in [9.17, 15) is 4.79 Å². The molecule has 0 fully saturated rings. The van der Waals surface area contributed by atoms with Crippen LogP contribution in [0.5, 0.6) is 0 Å². The lowest BCUT2D eigenvalue weighted by Crippen LogP contribution is -2.18. The van der Waals surface area contributed by atoms with Gasteiger partial charge in [-0.2, -0.15) is 0 Å². The number of unbranched alkanes of at least 4 members (excludes halogenated alkanes) is 1. The molecular formula is C8H18N2O. The number of nitrogens with one attached hydrogen (secondary N) is 1. The first-order valence-corrected chi connectivity index (χ1v) is 4.02. The zero-order chi connectivity index (χ0) is 8.69. The van der Waals surface area contributed by atoms with Crippen molar-refractivity contribution < 1.29 is 4.79 Å². The highest BCUT2D eigenvalue weighted by Gasteiger charge is 1.96. The average Bonchev–Trinajstić information content (AvgIpc) is 1.97. The highest BCUT2D eigenvalue weighted by Crippen LogP contribution is 1.95. The van der Waals surface area contributed by atoms with Gasteiger partial charge in [0.25, 0.3) is 0 Å². The lowest BCUT2D eigenvalue weighted by atomic mass is 10.2. The molecule has 0 aliphatic heterocycles. The molecular weight excluding hydrogens is 140 g/mol. The molecule has 0 unspecified atom stereocenters. The van der Waals surface area contributed by atoms with Crippen LogP contribution in [0.2, 0.25) is 0 Å². The first kappa shape index (κ1) is 10.4. The summed E-state index contributed by atoms with van der Waals surface area (Å²) in [5.41, 5.74) is 0. The summed E-state index contributed by atoms with van der Waals surface area (Å²) in [4.78, 5) is 12.9. The van der Waals surface area contributed by atoms with Crippen LogP contribution in [0.3, 0.4) is 0 Å². The zero-order valence-electron chi connectivity index (χ0n) is 7.68. The van der Waals surface area contributed by atoms with Gasteiger partial charge in [-0.25, -0.2) is 0 Å². The van der Waals surface area contributed by atoms with Crippen LogP contribution in [-0.2, 0) is 4.79 Å². The largest absolute Gasteiger partial charge is 0.359 e. The van der Waals surface area contributed by atoms with Gasteiger partial charge >= 0.3 is 0 Å². The Labute approximate surface area is 68.8 Å². The highest BCUT2D eigenvalue weighted by atomic mass is 16.1. The summed E-state index contributed by atoms with van der Waals surface area (Å²) < 4.78 is 0. The molecule has 0 heterocycles. The fourth-order valence-electron chi connectivity index (χ4n) is 0.839. The lowest BCUT2D eigenvalue weighted by Gasteiger charge is -2.07. The van der Waals surface area contributed by atoms with Crippen molar-refractivity contribution in [3.63, 3.8) is 0 Å². The average molecular weight is 158 g/mol. The lowest BCUT2D eigenvalue weighted by molar-refractivity contribution is -0.120. The van der Waals surface area contributed by atoms with E-state index in [1.54, 1.807) is 7.05 Å². The second-order valence-corrected chi connectivity index (χ2v) is 2.93. The molecule has 0 rings (SSSR count). The summed E-state index contributed by atoms with van der Waals surface area (Å²) in [6, 6.07) is 0. The second kappa shape index (κ2) is 6.16. The van der Waals surface area contributed by atoms with Gasteiger partial charge in [-0.15, -0.1) is 0 Å². The number of carbonyl (C=O) groups excluding carboxylic acids is 1. The van der Waals surface area contributed by atoms with E-state index >= 15 is 0 Å². The zero-order valence-corrected chi connectivity index (χ0v) is 7.68. The highest BCUT2D eigenvalue weighted by molar-refractivity contribution is 5.75. The molecule has 1 N–H and O–H groups in total. The van der Waals surface area contributed by atoms with Crippen molar-refractivity contribution in [1.82, 2.24) is 10.2 Å². The Morgan fingerprint density at radius 3 is 2.45 bits per heavy atom. The van der Waals surface area contributed by atoms with Crippen LogP contribution in [0.4, 0.5) is 0 Å². The summed E-state index contributed by atoms with van der Waals surface area (Å²) in [5, 5.41) is 2.60. The van der Waals surface area contributed by atoms with Crippen molar-refractivity contribution in [2.45, 2.75) is 19.3 Å². The van der Waals surface area contributed by atoms with E-state index in [-0.39, 0.29) is 5.91 Å². The number of carbonyl (C=O) groups is 1. The summed E-state index contributed by atoms with van der Waals surface area (Å²) >= 11 is 0. The topological polar surface area (TPSA) is 32.3 Å². The fourth-order valence-corrected chi connectivity index (χ4v) is 0.839. The predicted molar refractivity (Wildman–Crippen MR) is 46.5 cm³/mol. The maximum Gasteiger partial charge on any atom is 0.219 e. The van der Waals surface area contributed by atoms with Crippen LogP contribution in [0.1, 0.15) is 19.3 Å². The van der Waals surface area contributed by atoms with E-state index < -0.39 is 0 Å². The molecule has 0 atom stereocenters. The van der Waals surface area contributed by atoms with Gasteiger partial charge in [-0.3, -0.25) is 4.79 Å². The number of amides is 1.